The Labute approximate surface area is 108 Å². The van der Waals surface area contributed by atoms with Gasteiger partial charge in [-0.25, -0.2) is 8.42 Å². The van der Waals surface area contributed by atoms with Crippen LogP contribution in [0.5, 0.6) is 0 Å². The summed E-state index contributed by atoms with van der Waals surface area (Å²) >= 11 is 0. The molecule has 0 heterocycles. The fraction of sp³-hybridized carbons (Fsp3) is 0.462. The van der Waals surface area contributed by atoms with Gasteiger partial charge in [-0.2, -0.15) is 0 Å². The normalized spacial score (nSPS) is 13.1. The molecule has 5 heteroatoms. The molecule has 18 heavy (non-hydrogen) atoms. The smallest absolute Gasteiger partial charge is 0.324 e. The maximum atomic E-state index is 12.0. The summed E-state index contributed by atoms with van der Waals surface area (Å²) in [6, 6.07) is 7.23. The summed E-state index contributed by atoms with van der Waals surface area (Å²) in [6.45, 7) is 5.09. The quantitative estimate of drug-likeness (QED) is 0.766. The number of hydrogen-bond donors (Lipinski definition) is 0. The van der Waals surface area contributed by atoms with Crippen LogP contribution in [0.1, 0.15) is 25.0 Å². The van der Waals surface area contributed by atoms with E-state index in [1.165, 1.54) is 6.92 Å². The van der Waals surface area contributed by atoms with Crippen molar-refractivity contribution in [2.24, 2.45) is 0 Å². The molecule has 100 valence electrons. The van der Waals surface area contributed by atoms with Crippen molar-refractivity contribution in [3.05, 3.63) is 35.4 Å². The van der Waals surface area contributed by atoms with Crippen LogP contribution in [0.15, 0.2) is 24.3 Å². The topological polar surface area (TPSA) is 60.4 Å². The van der Waals surface area contributed by atoms with E-state index >= 15 is 0 Å². The molecular formula is C13H18O4S. The lowest BCUT2D eigenvalue weighted by molar-refractivity contribution is -0.142. The van der Waals surface area contributed by atoms with Crippen molar-refractivity contribution < 1.29 is 17.9 Å². The molecule has 1 aromatic rings. The number of carbonyl (C=O) groups excluding carboxylic acids is 1. The molecule has 0 bridgehead atoms. The lowest BCUT2D eigenvalue weighted by atomic mass is 10.2. The molecule has 0 spiro atoms. The first-order chi connectivity index (χ1) is 8.36. The van der Waals surface area contributed by atoms with Crippen molar-refractivity contribution in [1.29, 1.82) is 0 Å². The highest BCUT2D eigenvalue weighted by molar-refractivity contribution is 7.92. The molecule has 0 saturated heterocycles. The van der Waals surface area contributed by atoms with E-state index in [1.54, 1.807) is 25.1 Å². The minimum Gasteiger partial charge on any atom is -0.465 e. The molecule has 1 unspecified atom stereocenters. The van der Waals surface area contributed by atoms with Crippen LogP contribution in [-0.2, 0) is 25.1 Å². The molecule has 1 atom stereocenters. The Hall–Kier alpha value is -1.36. The second kappa shape index (κ2) is 6.00. The summed E-state index contributed by atoms with van der Waals surface area (Å²) in [4.78, 5) is 11.4. The summed E-state index contributed by atoms with van der Waals surface area (Å²) in [7, 11) is -3.53. The van der Waals surface area contributed by atoms with E-state index in [-0.39, 0.29) is 12.4 Å². The van der Waals surface area contributed by atoms with E-state index in [0.717, 1.165) is 5.56 Å². The second-order valence-electron chi connectivity index (χ2n) is 4.19. The number of sulfone groups is 1. The zero-order valence-corrected chi connectivity index (χ0v) is 11.7. The van der Waals surface area contributed by atoms with Gasteiger partial charge in [0.25, 0.3) is 0 Å². The zero-order valence-electron chi connectivity index (χ0n) is 10.8. The molecule has 0 aliphatic rings. The van der Waals surface area contributed by atoms with Crippen LogP contribution in [0.25, 0.3) is 0 Å². The van der Waals surface area contributed by atoms with E-state index in [0.29, 0.717) is 5.56 Å². The highest BCUT2D eigenvalue weighted by Crippen LogP contribution is 2.13. The minimum atomic E-state index is -3.53. The van der Waals surface area contributed by atoms with E-state index in [1.807, 2.05) is 13.0 Å². The molecule has 0 aliphatic heterocycles. The Bertz CT molecular complexity index is 520. The lowest BCUT2D eigenvalue weighted by Crippen LogP contribution is -2.30. The van der Waals surface area contributed by atoms with Crippen molar-refractivity contribution in [3.63, 3.8) is 0 Å². The summed E-state index contributed by atoms with van der Waals surface area (Å²) < 4.78 is 28.8. The van der Waals surface area contributed by atoms with Crippen molar-refractivity contribution >= 4 is 15.8 Å². The zero-order chi connectivity index (χ0) is 13.8. The number of esters is 1. The first-order valence-corrected chi connectivity index (χ1v) is 7.52. The molecule has 0 N–H and O–H groups in total. The van der Waals surface area contributed by atoms with Crippen molar-refractivity contribution in [2.45, 2.75) is 31.8 Å². The first-order valence-electron chi connectivity index (χ1n) is 5.80. The Kier molecular flexibility index (Phi) is 4.90. The summed E-state index contributed by atoms with van der Waals surface area (Å²) in [6.07, 6.45) is 0. The Morgan fingerprint density at radius 1 is 1.39 bits per heavy atom. The number of hydrogen-bond acceptors (Lipinski definition) is 4. The molecule has 1 rings (SSSR count). The van der Waals surface area contributed by atoms with Crippen LogP contribution in [0.3, 0.4) is 0 Å². The largest absolute Gasteiger partial charge is 0.465 e. The maximum absolute atomic E-state index is 12.0. The van der Waals surface area contributed by atoms with Crippen LogP contribution in [0, 0.1) is 6.92 Å². The van der Waals surface area contributed by atoms with Gasteiger partial charge in [0.05, 0.1) is 12.4 Å². The first kappa shape index (κ1) is 14.7. The summed E-state index contributed by atoms with van der Waals surface area (Å²) in [5, 5.41) is -1.13. The van der Waals surface area contributed by atoms with Crippen LogP contribution >= 0.6 is 0 Å². The van der Waals surface area contributed by atoms with Crippen LogP contribution < -0.4 is 0 Å². The van der Waals surface area contributed by atoms with Gasteiger partial charge in [-0.15, -0.1) is 0 Å². The fourth-order valence-corrected chi connectivity index (χ4v) is 2.82. The number of rotatable bonds is 5. The SMILES string of the molecule is CCOC(=O)C(C)S(=O)(=O)Cc1cccc(C)c1. The van der Waals surface area contributed by atoms with Gasteiger partial charge >= 0.3 is 5.97 Å². The van der Waals surface area contributed by atoms with Gasteiger partial charge in [-0.1, -0.05) is 29.8 Å². The predicted octanol–water partition coefficient (Wildman–Crippen LogP) is 1.86. The van der Waals surface area contributed by atoms with Crippen molar-refractivity contribution in [1.82, 2.24) is 0 Å². The van der Waals surface area contributed by atoms with E-state index < -0.39 is 21.1 Å². The third-order valence-corrected chi connectivity index (χ3v) is 4.61. The van der Waals surface area contributed by atoms with Crippen LogP contribution in [0.2, 0.25) is 0 Å². The molecule has 0 fully saturated rings. The number of aryl methyl sites for hydroxylation is 1. The second-order valence-corrected chi connectivity index (χ2v) is 6.51. The Balaban J connectivity index is 2.85. The molecule has 4 nitrogen and oxygen atoms in total. The van der Waals surface area contributed by atoms with Gasteiger partial charge in [-0.05, 0) is 26.3 Å². The maximum Gasteiger partial charge on any atom is 0.324 e. The summed E-state index contributed by atoms with van der Waals surface area (Å²) in [5.74, 6) is -0.834. The number of ether oxygens (including phenoxy) is 1. The Morgan fingerprint density at radius 2 is 2.06 bits per heavy atom. The average molecular weight is 270 g/mol. The monoisotopic (exact) mass is 270 g/mol. The van der Waals surface area contributed by atoms with Gasteiger partial charge in [0.15, 0.2) is 15.1 Å². The molecular weight excluding hydrogens is 252 g/mol. The highest BCUT2D eigenvalue weighted by atomic mass is 32.2. The standard InChI is InChI=1S/C13H18O4S/c1-4-17-13(14)11(3)18(15,16)9-12-7-5-6-10(2)8-12/h5-8,11H,4,9H2,1-3H3. The third-order valence-electron chi connectivity index (χ3n) is 2.61. The minimum absolute atomic E-state index is 0.144. The van der Waals surface area contributed by atoms with Crippen molar-refractivity contribution in [3.8, 4) is 0 Å². The molecule has 0 amide bonds. The average Bonchev–Trinajstić information content (AvgIpc) is 2.27. The molecule has 0 radical (unpaired) electrons. The number of carbonyl (C=O) groups is 1. The van der Waals surface area contributed by atoms with Gasteiger partial charge in [0.1, 0.15) is 0 Å². The third kappa shape index (κ3) is 3.84. The highest BCUT2D eigenvalue weighted by Gasteiger charge is 2.29. The van der Waals surface area contributed by atoms with Gasteiger partial charge in [0, 0.05) is 0 Å². The predicted molar refractivity (Wildman–Crippen MR) is 69.9 cm³/mol. The Morgan fingerprint density at radius 3 is 2.61 bits per heavy atom. The lowest BCUT2D eigenvalue weighted by Gasteiger charge is -2.12. The van der Waals surface area contributed by atoms with Gasteiger partial charge in [-0.3, -0.25) is 4.79 Å². The fourth-order valence-electron chi connectivity index (χ4n) is 1.57. The molecule has 0 saturated carbocycles. The number of benzene rings is 1. The van der Waals surface area contributed by atoms with Gasteiger partial charge < -0.3 is 4.74 Å². The van der Waals surface area contributed by atoms with E-state index in [2.05, 4.69) is 0 Å². The van der Waals surface area contributed by atoms with E-state index in [4.69, 9.17) is 4.74 Å². The van der Waals surface area contributed by atoms with Crippen LogP contribution in [-0.4, -0.2) is 26.2 Å². The van der Waals surface area contributed by atoms with Crippen LogP contribution in [0.4, 0.5) is 0 Å². The summed E-state index contributed by atoms with van der Waals surface area (Å²) in [5.41, 5.74) is 1.68. The molecule has 0 aromatic heterocycles. The molecule has 0 aliphatic carbocycles. The van der Waals surface area contributed by atoms with Gasteiger partial charge in [0.2, 0.25) is 0 Å². The van der Waals surface area contributed by atoms with Crippen molar-refractivity contribution in [2.75, 3.05) is 6.61 Å². The molecule has 1 aromatic carbocycles. The van der Waals surface area contributed by atoms with E-state index in [9.17, 15) is 13.2 Å².